The summed E-state index contributed by atoms with van der Waals surface area (Å²) in [7, 11) is 0. The van der Waals surface area contributed by atoms with Crippen LogP contribution in [-0.2, 0) is 17.1 Å². The number of hydrogen-bond acceptors (Lipinski definition) is 4. The zero-order chi connectivity index (χ0) is 18.3. The fourth-order valence-corrected chi connectivity index (χ4v) is 4.79. The minimum atomic E-state index is 0.190. The van der Waals surface area contributed by atoms with E-state index < -0.39 is 0 Å². The molecule has 1 aliphatic carbocycles. The lowest BCUT2D eigenvalue weighted by Gasteiger charge is -2.21. The summed E-state index contributed by atoms with van der Waals surface area (Å²) in [6.45, 7) is 4.93. The molecule has 1 aromatic heterocycles. The van der Waals surface area contributed by atoms with Gasteiger partial charge in [0.1, 0.15) is 5.75 Å². The van der Waals surface area contributed by atoms with E-state index >= 15 is 0 Å². The number of aryl methyl sites for hydroxylation is 1. The standard InChI is InChI=1S/C20H22ClNO3S/c1-12-5-18(13(2)22(12)17-3-4-17)19(23)10-26-9-15-7-16(21)6-14-8-24-11-25-20(14)15/h5-7,17H,3-4,8-11H2,1-2H3. The normalized spacial score (nSPS) is 16.3. The molecule has 0 bridgehead atoms. The first kappa shape index (κ1) is 18.0. The highest BCUT2D eigenvalue weighted by molar-refractivity contribution is 7.99. The van der Waals surface area contributed by atoms with Crippen LogP contribution in [0.25, 0.3) is 0 Å². The topological polar surface area (TPSA) is 40.5 Å². The molecule has 2 heterocycles. The van der Waals surface area contributed by atoms with Gasteiger partial charge in [0.05, 0.1) is 12.4 Å². The number of carbonyl (C=O) groups is 1. The average molecular weight is 392 g/mol. The first-order valence-electron chi connectivity index (χ1n) is 8.86. The minimum absolute atomic E-state index is 0.190. The van der Waals surface area contributed by atoms with E-state index in [4.69, 9.17) is 21.1 Å². The van der Waals surface area contributed by atoms with Crippen molar-refractivity contribution in [1.82, 2.24) is 4.57 Å². The molecule has 1 fully saturated rings. The molecule has 0 saturated heterocycles. The van der Waals surface area contributed by atoms with Crippen molar-refractivity contribution in [2.45, 2.75) is 45.1 Å². The molecule has 4 rings (SSSR count). The Kier molecular flexibility index (Phi) is 5.04. The Morgan fingerprint density at radius 1 is 1.31 bits per heavy atom. The summed E-state index contributed by atoms with van der Waals surface area (Å²) in [6, 6.07) is 6.43. The zero-order valence-corrected chi connectivity index (χ0v) is 16.6. The summed E-state index contributed by atoms with van der Waals surface area (Å²) >= 11 is 7.81. The molecule has 4 nitrogen and oxygen atoms in total. The fraction of sp³-hybridized carbons (Fsp3) is 0.450. The molecule has 26 heavy (non-hydrogen) atoms. The van der Waals surface area contributed by atoms with Gasteiger partial charge < -0.3 is 14.0 Å². The number of carbonyl (C=O) groups excluding carboxylic acids is 1. The summed E-state index contributed by atoms with van der Waals surface area (Å²) in [4.78, 5) is 12.7. The number of nitrogens with zero attached hydrogens (tertiary/aromatic N) is 1. The van der Waals surface area contributed by atoms with Crippen molar-refractivity contribution in [3.8, 4) is 5.75 Å². The number of thioether (sulfide) groups is 1. The number of ether oxygens (including phenoxy) is 2. The lowest BCUT2D eigenvalue weighted by atomic mass is 10.1. The summed E-state index contributed by atoms with van der Waals surface area (Å²) < 4.78 is 13.3. The van der Waals surface area contributed by atoms with E-state index in [1.54, 1.807) is 11.8 Å². The second kappa shape index (κ2) is 7.29. The Balaban J connectivity index is 1.43. The molecule has 0 N–H and O–H groups in total. The number of ketones is 1. The fourth-order valence-electron chi connectivity index (χ4n) is 3.65. The van der Waals surface area contributed by atoms with E-state index in [-0.39, 0.29) is 12.6 Å². The van der Waals surface area contributed by atoms with Crippen molar-refractivity contribution >= 4 is 29.1 Å². The SMILES string of the molecule is Cc1cc(C(=O)CSCc2cc(Cl)cc3c2OCOC3)c(C)n1C1CC1. The van der Waals surface area contributed by atoms with Gasteiger partial charge in [0.2, 0.25) is 0 Å². The minimum Gasteiger partial charge on any atom is -0.467 e. The molecule has 0 radical (unpaired) electrons. The first-order chi connectivity index (χ1) is 12.5. The molecule has 0 spiro atoms. The molecule has 0 amide bonds. The molecule has 2 aromatic rings. The quantitative estimate of drug-likeness (QED) is 0.644. The van der Waals surface area contributed by atoms with Crippen molar-refractivity contribution in [2.75, 3.05) is 12.5 Å². The van der Waals surface area contributed by atoms with E-state index in [1.165, 1.54) is 18.5 Å². The van der Waals surface area contributed by atoms with Crippen LogP contribution < -0.4 is 4.74 Å². The predicted octanol–water partition coefficient (Wildman–Crippen LogP) is 5.08. The van der Waals surface area contributed by atoms with Gasteiger partial charge in [-0.3, -0.25) is 4.79 Å². The van der Waals surface area contributed by atoms with Gasteiger partial charge in [-0.2, -0.15) is 0 Å². The number of Topliss-reactive ketones (excluding diaryl/α,β-unsaturated/α-hetero) is 1. The molecular weight excluding hydrogens is 370 g/mol. The molecule has 1 aromatic carbocycles. The van der Waals surface area contributed by atoms with Gasteiger partial charge in [0.25, 0.3) is 0 Å². The van der Waals surface area contributed by atoms with Crippen LogP contribution in [0.5, 0.6) is 5.75 Å². The number of hydrogen-bond donors (Lipinski definition) is 0. The van der Waals surface area contributed by atoms with Crippen molar-refractivity contribution in [3.63, 3.8) is 0 Å². The van der Waals surface area contributed by atoms with Crippen molar-refractivity contribution in [1.29, 1.82) is 0 Å². The highest BCUT2D eigenvalue weighted by atomic mass is 35.5. The smallest absolute Gasteiger partial charge is 0.189 e. The zero-order valence-electron chi connectivity index (χ0n) is 15.0. The van der Waals surface area contributed by atoms with Crippen molar-refractivity contribution in [2.24, 2.45) is 0 Å². The predicted molar refractivity (Wildman–Crippen MR) is 104 cm³/mol. The maximum Gasteiger partial charge on any atom is 0.189 e. The monoisotopic (exact) mass is 391 g/mol. The summed E-state index contributed by atoms with van der Waals surface area (Å²) in [5, 5.41) is 0.674. The van der Waals surface area contributed by atoms with Crippen LogP contribution in [0, 0.1) is 13.8 Å². The number of fused-ring (bicyclic) bond motifs is 1. The van der Waals surface area contributed by atoms with E-state index in [0.717, 1.165) is 28.1 Å². The van der Waals surface area contributed by atoms with Gasteiger partial charge in [0, 0.05) is 44.9 Å². The molecule has 0 atom stereocenters. The summed E-state index contributed by atoms with van der Waals surface area (Å²) in [6.07, 6.45) is 2.45. The molecule has 2 aliphatic rings. The van der Waals surface area contributed by atoms with Crippen LogP contribution in [0.3, 0.4) is 0 Å². The first-order valence-corrected chi connectivity index (χ1v) is 10.4. The number of rotatable bonds is 6. The second-order valence-corrected chi connectivity index (χ2v) is 8.39. The molecular formula is C20H22ClNO3S. The third kappa shape index (κ3) is 3.53. The Labute approximate surface area is 162 Å². The van der Waals surface area contributed by atoms with Gasteiger partial charge in [-0.05, 0) is 44.9 Å². The van der Waals surface area contributed by atoms with E-state index in [0.29, 0.717) is 29.2 Å². The maximum absolute atomic E-state index is 12.7. The average Bonchev–Trinajstić information content (AvgIpc) is 3.39. The third-order valence-electron chi connectivity index (χ3n) is 4.94. The van der Waals surface area contributed by atoms with Crippen LogP contribution in [-0.4, -0.2) is 22.9 Å². The number of benzene rings is 1. The molecule has 1 aliphatic heterocycles. The highest BCUT2D eigenvalue weighted by Gasteiger charge is 2.28. The summed E-state index contributed by atoms with van der Waals surface area (Å²) in [5.41, 5.74) is 5.15. The lowest BCUT2D eigenvalue weighted by Crippen LogP contribution is -2.13. The molecule has 138 valence electrons. The molecule has 0 unspecified atom stereocenters. The maximum atomic E-state index is 12.7. The molecule has 6 heteroatoms. The van der Waals surface area contributed by atoms with Gasteiger partial charge in [-0.15, -0.1) is 11.8 Å². The second-order valence-electron chi connectivity index (χ2n) is 6.97. The highest BCUT2D eigenvalue weighted by Crippen LogP contribution is 2.39. The van der Waals surface area contributed by atoms with E-state index in [2.05, 4.69) is 18.4 Å². The summed E-state index contributed by atoms with van der Waals surface area (Å²) in [5.74, 6) is 2.19. The number of aromatic nitrogens is 1. The van der Waals surface area contributed by atoms with E-state index in [1.807, 2.05) is 18.2 Å². The lowest BCUT2D eigenvalue weighted by molar-refractivity contribution is -0.0168. The van der Waals surface area contributed by atoms with Gasteiger partial charge >= 0.3 is 0 Å². The van der Waals surface area contributed by atoms with Crippen LogP contribution >= 0.6 is 23.4 Å². The van der Waals surface area contributed by atoms with Gasteiger partial charge in [-0.1, -0.05) is 11.6 Å². The van der Waals surface area contributed by atoms with Crippen LogP contribution in [0.1, 0.15) is 51.8 Å². The Morgan fingerprint density at radius 2 is 2.12 bits per heavy atom. The third-order valence-corrected chi connectivity index (χ3v) is 6.14. The Bertz CT molecular complexity index is 857. The Hall–Kier alpha value is -1.43. The number of halogens is 1. The van der Waals surface area contributed by atoms with E-state index in [9.17, 15) is 4.79 Å². The molecule has 1 saturated carbocycles. The van der Waals surface area contributed by atoms with Crippen LogP contribution in [0.4, 0.5) is 0 Å². The van der Waals surface area contributed by atoms with Gasteiger partial charge in [-0.25, -0.2) is 0 Å². The Morgan fingerprint density at radius 3 is 2.88 bits per heavy atom. The van der Waals surface area contributed by atoms with Crippen molar-refractivity contribution in [3.05, 3.63) is 51.3 Å². The van der Waals surface area contributed by atoms with Gasteiger partial charge in [0.15, 0.2) is 12.6 Å². The van der Waals surface area contributed by atoms with Crippen LogP contribution in [0.2, 0.25) is 5.02 Å². The largest absolute Gasteiger partial charge is 0.467 e. The van der Waals surface area contributed by atoms with Crippen LogP contribution in [0.15, 0.2) is 18.2 Å². The van der Waals surface area contributed by atoms with Crippen molar-refractivity contribution < 1.29 is 14.3 Å².